The summed E-state index contributed by atoms with van der Waals surface area (Å²) in [5, 5.41) is 1.14. The van der Waals surface area contributed by atoms with Crippen molar-refractivity contribution in [3.63, 3.8) is 0 Å². The summed E-state index contributed by atoms with van der Waals surface area (Å²) in [6, 6.07) is 1.57. The van der Waals surface area contributed by atoms with Crippen LogP contribution < -0.4 is 0 Å². The fourth-order valence-corrected chi connectivity index (χ4v) is 3.84. The van der Waals surface area contributed by atoms with Crippen LogP contribution in [0.25, 0.3) is 0 Å². The van der Waals surface area contributed by atoms with Crippen LogP contribution in [-0.4, -0.2) is 42.1 Å². The van der Waals surface area contributed by atoms with Gasteiger partial charge in [-0.3, -0.25) is 4.90 Å². The maximum Gasteiger partial charge on any atom is 0.0586 e. The van der Waals surface area contributed by atoms with Crippen molar-refractivity contribution in [2.75, 3.05) is 19.0 Å². The van der Waals surface area contributed by atoms with Crippen LogP contribution in [0.3, 0.4) is 0 Å². The average molecular weight is 276 g/mol. The molecule has 15 heavy (non-hydrogen) atoms. The first-order valence-electron chi connectivity index (χ1n) is 6.19. The van der Waals surface area contributed by atoms with Crippen LogP contribution in [0.4, 0.5) is 0 Å². The zero-order valence-corrected chi connectivity index (χ0v) is 11.2. The quantitative estimate of drug-likeness (QED) is 0.735. The van der Waals surface area contributed by atoms with Crippen LogP contribution in [0, 0.1) is 0 Å². The second-order valence-corrected chi connectivity index (χ2v) is 5.51. The minimum absolute atomic E-state index is 0.514. The maximum absolute atomic E-state index is 5.51. The largest absolute Gasteiger partial charge is 0.381 e. The third-order valence-corrected chi connectivity index (χ3v) is 4.75. The fraction of sp³-hybridized carbons (Fsp3) is 1.00. The van der Waals surface area contributed by atoms with E-state index >= 15 is 0 Å². The van der Waals surface area contributed by atoms with Crippen LogP contribution >= 0.6 is 15.9 Å². The molecule has 3 unspecified atom stereocenters. The summed E-state index contributed by atoms with van der Waals surface area (Å²) >= 11 is 3.64. The zero-order valence-electron chi connectivity index (χ0n) is 9.62. The third-order valence-electron chi connectivity index (χ3n) is 4.00. The van der Waals surface area contributed by atoms with E-state index in [0.29, 0.717) is 6.10 Å². The monoisotopic (exact) mass is 275 g/mol. The highest BCUT2D eigenvalue weighted by atomic mass is 79.9. The molecule has 1 saturated heterocycles. The van der Waals surface area contributed by atoms with Crippen LogP contribution in [0.5, 0.6) is 0 Å². The van der Waals surface area contributed by atoms with Gasteiger partial charge < -0.3 is 4.74 Å². The number of rotatable bonds is 3. The molecule has 0 amide bonds. The van der Waals surface area contributed by atoms with E-state index < -0.39 is 0 Å². The number of methoxy groups -OCH3 is 1. The van der Waals surface area contributed by atoms with Crippen LogP contribution in [0.15, 0.2) is 0 Å². The van der Waals surface area contributed by atoms with Crippen molar-refractivity contribution in [3.05, 3.63) is 0 Å². The van der Waals surface area contributed by atoms with Gasteiger partial charge >= 0.3 is 0 Å². The Morgan fingerprint density at radius 3 is 2.87 bits per heavy atom. The number of ether oxygens (including phenoxy) is 1. The molecule has 1 heterocycles. The molecule has 2 nitrogen and oxygen atoms in total. The zero-order chi connectivity index (χ0) is 10.7. The lowest BCUT2D eigenvalue weighted by molar-refractivity contribution is 0.0266. The summed E-state index contributed by atoms with van der Waals surface area (Å²) in [5.74, 6) is 0. The molecule has 1 saturated carbocycles. The van der Waals surface area contributed by atoms with Gasteiger partial charge in [-0.1, -0.05) is 15.9 Å². The van der Waals surface area contributed by atoms with Gasteiger partial charge in [-0.05, 0) is 45.1 Å². The molecule has 1 aliphatic carbocycles. The van der Waals surface area contributed by atoms with Crippen LogP contribution in [0.2, 0.25) is 0 Å². The van der Waals surface area contributed by atoms with E-state index in [1.165, 1.54) is 45.1 Å². The highest BCUT2D eigenvalue weighted by Crippen LogP contribution is 2.30. The van der Waals surface area contributed by atoms with Crippen molar-refractivity contribution >= 4 is 15.9 Å². The summed E-state index contributed by atoms with van der Waals surface area (Å²) in [6.07, 6.45) is 8.50. The highest BCUT2D eigenvalue weighted by molar-refractivity contribution is 9.09. The number of alkyl halides is 1. The Morgan fingerprint density at radius 2 is 2.13 bits per heavy atom. The first-order chi connectivity index (χ1) is 7.35. The standard InChI is InChI=1S/C12H22BrNO/c1-15-12-6-2-4-10(8-12)14-7-3-5-11(14)9-13/h10-12H,2-9H2,1H3. The van der Waals surface area contributed by atoms with E-state index in [2.05, 4.69) is 20.8 Å². The fourth-order valence-electron chi connectivity index (χ4n) is 3.14. The number of likely N-dealkylation sites (tertiary alicyclic amines) is 1. The van der Waals surface area contributed by atoms with Crippen molar-refractivity contribution in [2.45, 2.75) is 56.7 Å². The van der Waals surface area contributed by atoms with Gasteiger partial charge in [0.2, 0.25) is 0 Å². The van der Waals surface area contributed by atoms with Crippen molar-refractivity contribution < 1.29 is 4.74 Å². The van der Waals surface area contributed by atoms with E-state index in [1.807, 2.05) is 7.11 Å². The highest BCUT2D eigenvalue weighted by Gasteiger charge is 2.33. The molecule has 0 aromatic heterocycles. The van der Waals surface area contributed by atoms with Gasteiger partial charge in [0.05, 0.1) is 6.10 Å². The lowest BCUT2D eigenvalue weighted by atomic mass is 9.91. The van der Waals surface area contributed by atoms with Gasteiger partial charge in [0.1, 0.15) is 0 Å². The second kappa shape index (κ2) is 5.65. The first kappa shape index (κ1) is 11.9. The van der Waals surface area contributed by atoms with Crippen molar-refractivity contribution in [2.24, 2.45) is 0 Å². The summed E-state index contributed by atoms with van der Waals surface area (Å²) in [6.45, 7) is 1.30. The van der Waals surface area contributed by atoms with Crippen molar-refractivity contribution in [3.8, 4) is 0 Å². The molecule has 0 radical (unpaired) electrons. The molecule has 1 aliphatic heterocycles. The number of halogens is 1. The van der Waals surface area contributed by atoms with Gasteiger partial charge in [-0.25, -0.2) is 0 Å². The van der Waals surface area contributed by atoms with Gasteiger partial charge in [-0.15, -0.1) is 0 Å². The smallest absolute Gasteiger partial charge is 0.0586 e. The minimum Gasteiger partial charge on any atom is -0.381 e. The molecular formula is C12H22BrNO. The summed E-state index contributed by atoms with van der Waals surface area (Å²) in [7, 11) is 1.86. The molecule has 88 valence electrons. The first-order valence-corrected chi connectivity index (χ1v) is 7.31. The van der Waals surface area contributed by atoms with Gasteiger partial charge in [0.15, 0.2) is 0 Å². The molecule has 2 rings (SSSR count). The Morgan fingerprint density at radius 1 is 1.27 bits per heavy atom. The Bertz CT molecular complexity index is 200. The van der Waals surface area contributed by atoms with Crippen LogP contribution in [-0.2, 0) is 4.74 Å². The molecule has 3 heteroatoms. The molecule has 2 aliphatic rings. The van der Waals surface area contributed by atoms with Crippen molar-refractivity contribution in [1.82, 2.24) is 4.90 Å². The third kappa shape index (κ3) is 2.75. The summed E-state index contributed by atoms with van der Waals surface area (Å²) in [5.41, 5.74) is 0. The van der Waals surface area contributed by atoms with E-state index in [-0.39, 0.29) is 0 Å². The lowest BCUT2D eigenvalue weighted by Crippen LogP contribution is -2.43. The molecule has 2 fully saturated rings. The number of hydrogen-bond acceptors (Lipinski definition) is 2. The van der Waals surface area contributed by atoms with Crippen LogP contribution in [0.1, 0.15) is 38.5 Å². The maximum atomic E-state index is 5.51. The summed E-state index contributed by atoms with van der Waals surface area (Å²) in [4.78, 5) is 2.72. The van der Waals surface area contributed by atoms with E-state index in [4.69, 9.17) is 4.74 Å². The molecule has 0 spiro atoms. The molecule has 0 N–H and O–H groups in total. The minimum atomic E-state index is 0.514. The molecule has 0 aromatic carbocycles. The van der Waals surface area contributed by atoms with Gasteiger partial charge in [-0.2, -0.15) is 0 Å². The number of hydrogen-bond donors (Lipinski definition) is 0. The Labute approximate surface area is 101 Å². The molecule has 0 bridgehead atoms. The summed E-state index contributed by atoms with van der Waals surface area (Å²) < 4.78 is 5.51. The average Bonchev–Trinajstić information content (AvgIpc) is 2.77. The second-order valence-electron chi connectivity index (χ2n) is 4.87. The SMILES string of the molecule is COC1CCCC(N2CCCC2CBr)C1. The predicted molar refractivity (Wildman–Crippen MR) is 66.6 cm³/mol. The topological polar surface area (TPSA) is 12.5 Å². The van der Waals surface area contributed by atoms with E-state index in [9.17, 15) is 0 Å². The van der Waals surface area contributed by atoms with Gasteiger partial charge in [0.25, 0.3) is 0 Å². The Hall–Kier alpha value is 0.400. The Balaban J connectivity index is 1.91. The molecular weight excluding hydrogens is 254 g/mol. The number of nitrogens with zero attached hydrogens (tertiary/aromatic N) is 1. The Kier molecular flexibility index (Phi) is 4.47. The van der Waals surface area contributed by atoms with E-state index in [1.54, 1.807) is 0 Å². The van der Waals surface area contributed by atoms with Crippen molar-refractivity contribution in [1.29, 1.82) is 0 Å². The molecule has 3 atom stereocenters. The predicted octanol–water partition coefficient (Wildman–Crippen LogP) is 2.80. The lowest BCUT2D eigenvalue weighted by Gasteiger charge is -2.37. The normalized spacial score (nSPS) is 38.4. The van der Waals surface area contributed by atoms with E-state index in [0.717, 1.165) is 17.4 Å². The molecule has 0 aromatic rings. The van der Waals surface area contributed by atoms with Gasteiger partial charge in [0, 0.05) is 24.5 Å².